The standard InChI is InChI=1S/C11H13BrN2O/c12-10-5-4-9(7-13-10)14-11(15)6-8-2-1-3-8/h4-5,7-8H,1-3,6H2,(H,14,15). The first-order chi connectivity index (χ1) is 7.24. The Morgan fingerprint density at radius 2 is 2.33 bits per heavy atom. The van der Waals surface area contributed by atoms with Crippen LogP contribution in [0.1, 0.15) is 25.7 Å². The topological polar surface area (TPSA) is 42.0 Å². The predicted molar refractivity (Wildman–Crippen MR) is 62.5 cm³/mol. The molecule has 0 spiro atoms. The summed E-state index contributed by atoms with van der Waals surface area (Å²) in [4.78, 5) is 15.6. The van der Waals surface area contributed by atoms with Crippen molar-refractivity contribution >= 4 is 27.5 Å². The maximum Gasteiger partial charge on any atom is 0.224 e. The van der Waals surface area contributed by atoms with Crippen LogP contribution in [0.2, 0.25) is 0 Å². The highest BCUT2D eigenvalue weighted by atomic mass is 79.9. The number of anilines is 1. The molecule has 1 aromatic heterocycles. The molecule has 1 saturated carbocycles. The molecule has 3 nitrogen and oxygen atoms in total. The zero-order valence-electron chi connectivity index (χ0n) is 8.37. The first kappa shape index (κ1) is 10.6. The summed E-state index contributed by atoms with van der Waals surface area (Å²) in [6, 6.07) is 3.66. The highest BCUT2D eigenvalue weighted by Gasteiger charge is 2.20. The molecule has 1 aliphatic carbocycles. The van der Waals surface area contributed by atoms with Crippen LogP contribution in [-0.4, -0.2) is 10.9 Å². The van der Waals surface area contributed by atoms with E-state index in [1.165, 1.54) is 19.3 Å². The van der Waals surface area contributed by atoms with Crippen LogP contribution < -0.4 is 5.32 Å². The van der Waals surface area contributed by atoms with Crippen molar-refractivity contribution in [3.63, 3.8) is 0 Å². The zero-order chi connectivity index (χ0) is 10.7. The van der Waals surface area contributed by atoms with E-state index in [9.17, 15) is 4.79 Å². The second-order valence-electron chi connectivity index (χ2n) is 3.92. The summed E-state index contributed by atoms with van der Waals surface area (Å²) in [6.07, 6.45) is 5.98. The Hall–Kier alpha value is -0.900. The van der Waals surface area contributed by atoms with Crippen molar-refractivity contribution in [3.8, 4) is 0 Å². The Morgan fingerprint density at radius 3 is 2.87 bits per heavy atom. The van der Waals surface area contributed by atoms with Gasteiger partial charge in [-0.15, -0.1) is 0 Å². The molecule has 0 aliphatic heterocycles. The van der Waals surface area contributed by atoms with E-state index in [2.05, 4.69) is 26.2 Å². The monoisotopic (exact) mass is 268 g/mol. The fourth-order valence-corrected chi connectivity index (χ4v) is 1.86. The average molecular weight is 269 g/mol. The third-order valence-electron chi connectivity index (χ3n) is 2.71. The van der Waals surface area contributed by atoms with Gasteiger partial charge in [-0.1, -0.05) is 6.42 Å². The third kappa shape index (κ3) is 3.02. The van der Waals surface area contributed by atoms with E-state index >= 15 is 0 Å². The number of hydrogen-bond acceptors (Lipinski definition) is 2. The molecule has 1 aromatic rings. The lowest BCUT2D eigenvalue weighted by atomic mass is 9.83. The van der Waals surface area contributed by atoms with Crippen LogP contribution in [0.15, 0.2) is 22.9 Å². The van der Waals surface area contributed by atoms with Gasteiger partial charge in [0.25, 0.3) is 0 Å². The van der Waals surface area contributed by atoms with Crippen LogP contribution >= 0.6 is 15.9 Å². The Kier molecular flexibility index (Phi) is 3.36. The van der Waals surface area contributed by atoms with E-state index in [1.54, 1.807) is 6.20 Å². The SMILES string of the molecule is O=C(CC1CCC1)Nc1ccc(Br)nc1. The number of aromatic nitrogens is 1. The largest absolute Gasteiger partial charge is 0.325 e. The van der Waals surface area contributed by atoms with Crippen LogP contribution in [0.4, 0.5) is 5.69 Å². The molecular weight excluding hydrogens is 256 g/mol. The van der Waals surface area contributed by atoms with Crippen molar-refractivity contribution in [2.45, 2.75) is 25.7 Å². The maximum atomic E-state index is 11.5. The summed E-state index contributed by atoms with van der Waals surface area (Å²) in [5, 5.41) is 2.85. The Labute approximate surface area is 97.4 Å². The van der Waals surface area contributed by atoms with Crippen LogP contribution in [0.5, 0.6) is 0 Å². The fraction of sp³-hybridized carbons (Fsp3) is 0.455. The number of amides is 1. The summed E-state index contributed by atoms with van der Waals surface area (Å²) >= 11 is 3.25. The van der Waals surface area contributed by atoms with Gasteiger partial charge in [-0.25, -0.2) is 4.98 Å². The number of carbonyl (C=O) groups excluding carboxylic acids is 1. The summed E-state index contributed by atoms with van der Waals surface area (Å²) in [6.45, 7) is 0. The fourth-order valence-electron chi connectivity index (χ4n) is 1.62. The van der Waals surface area contributed by atoms with Crippen LogP contribution in [0.3, 0.4) is 0 Å². The third-order valence-corrected chi connectivity index (χ3v) is 3.18. The molecule has 0 radical (unpaired) electrons. The molecule has 1 aliphatic rings. The molecule has 2 rings (SSSR count). The average Bonchev–Trinajstić information content (AvgIpc) is 2.16. The minimum atomic E-state index is 0.101. The molecule has 1 amide bonds. The van der Waals surface area contributed by atoms with Crippen molar-refractivity contribution in [2.75, 3.05) is 5.32 Å². The molecule has 0 atom stereocenters. The summed E-state index contributed by atoms with van der Waals surface area (Å²) < 4.78 is 0.777. The Morgan fingerprint density at radius 1 is 1.53 bits per heavy atom. The van der Waals surface area contributed by atoms with Crippen molar-refractivity contribution in [1.29, 1.82) is 0 Å². The molecule has 80 valence electrons. The normalized spacial score (nSPS) is 15.8. The predicted octanol–water partition coefficient (Wildman–Crippen LogP) is 2.97. The van der Waals surface area contributed by atoms with Gasteiger partial charge in [0.2, 0.25) is 5.91 Å². The molecule has 4 heteroatoms. The lowest BCUT2D eigenvalue weighted by molar-refractivity contribution is -0.117. The van der Waals surface area contributed by atoms with Gasteiger partial charge in [-0.3, -0.25) is 4.79 Å². The number of pyridine rings is 1. The molecule has 15 heavy (non-hydrogen) atoms. The number of hydrogen-bond donors (Lipinski definition) is 1. The quantitative estimate of drug-likeness (QED) is 0.857. The summed E-state index contributed by atoms with van der Waals surface area (Å²) in [5.74, 6) is 0.706. The van der Waals surface area contributed by atoms with E-state index in [0.29, 0.717) is 12.3 Å². The van der Waals surface area contributed by atoms with Crippen LogP contribution in [-0.2, 0) is 4.79 Å². The minimum absolute atomic E-state index is 0.101. The second-order valence-corrected chi connectivity index (χ2v) is 4.73. The van der Waals surface area contributed by atoms with Gasteiger partial charge in [0, 0.05) is 6.42 Å². The molecule has 0 bridgehead atoms. The molecule has 1 fully saturated rings. The van der Waals surface area contributed by atoms with Gasteiger partial charge in [-0.05, 0) is 46.8 Å². The number of nitrogens with zero attached hydrogens (tertiary/aromatic N) is 1. The maximum absolute atomic E-state index is 11.5. The minimum Gasteiger partial charge on any atom is -0.325 e. The van der Waals surface area contributed by atoms with E-state index in [0.717, 1.165) is 10.3 Å². The van der Waals surface area contributed by atoms with Gasteiger partial charge in [0.1, 0.15) is 4.60 Å². The number of halogens is 1. The number of carbonyl (C=O) groups is 1. The molecule has 1 N–H and O–H groups in total. The molecular formula is C11H13BrN2O. The lowest BCUT2D eigenvalue weighted by Gasteiger charge is -2.24. The molecule has 0 saturated heterocycles. The van der Waals surface area contributed by atoms with Crippen LogP contribution in [0.25, 0.3) is 0 Å². The van der Waals surface area contributed by atoms with E-state index in [4.69, 9.17) is 0 Å². The number of nitrogens with one attached hydrogen (secondary N) is 1. The Bertz CT molecular complexity index is 346. The highest BCUT2D eigenvalue weighted by molar-refractivity contribution is 9.10. The van der Waals surface area contributed by atoms with E-state index in [-0.39, 0.29) is 5.91 Å². The highest BCUT2D eigenvalue weighted by Crippen LogP contribution is 2.29. The summed E-state index contributed by atoms with van der Waals surface area (Å²) in [7, 11) is 0. The first-order valence-electron chi connectivity index (χ1n) is 5.15. The van der Waals surface area contributed by atoms with E-state index in [1.807, 2.05) is 12.1 Å². The summed E-state index contributed by atoms with van der Waals surface area (Å²) in [5.41, 5.74) is 0.766. The van der Waals surface area contributed by atoms with Gasteiger partial charge in [0.05, 0.1) is 11.9 Å². The zero-order valence-corrected chi connectivity index (χ0v) is 9.96. The smallest absolute Gasteiger partial charge is 0.224 e. The second kappa shape index (κ2) is 4.75. The van der Waals surface area contributed by atoms with Gasteiger partial charge >= 0.3 is 0 Å². The molecule has 0 aromatic carbocycles. The first-order valence-corrected chi connectivity index (χ1v) is 5.95. The van der Waals surface area contributed by atoms with Gasteiger partial charge in [-0.2, -0.15) is 0 Å². The van der Waals surface area contributed by atoms with Crippen LogP contribution in [0, 0.1) is 5.92 Å². The van der Waals surface area contributed by atoms with Crippen molar-refractivity contribution in [1.82, 2.24) is 4.98 Å². The van der Waals surface area contributed by atoms with Gasteiger partial charge < -0.3 is 5.32 Å². The van der Waals surface area contributed by atoms with E-state index < -0.39 is 0 Å². The van der Waals surface area contributed by atoms with Crippen molar-refractivity contribution < 1.29 is 4.79 Å². The Balaban J connectivity index is 1.84. The molecule has 1 heterocycles. The van der Waals surface area contributed by atoms with Gasteiger partial charge in [0.15, 0.2) is 0 Å². The van der Waals surface area contributed by atoms with Crippen molar-refractivity contribution in [2.24, 2.45) is 5.92 Å². The van der Waals surface area contributed by atoms with Crippen molar-refractivity contribution in [3.05, 3.63) is 22.9 Å². The lowest BCUT2D eigenvalue weighted by Crippen LogP contribution is -2.20. The molecule has 0 unspecified atom stereocenters. The number of rotatable bonds is 3.